The number of rotatable bonds is 3. The van der Waals surface area contributed by atoms with Crippen molar-refractivity contribution >= 4 is 0 Å². The Morgan fingerprint density at radius 3 is 2.40 bits per heavy atom. The molecule has 0 aliphatic heterocycles. The SMILES string of the molecule is CC(C)(C)C(CO)Cc1cccc(O)c1. The summed E-state index contributed by atoms with van der Waals surface area (Å²) in [6.45, 7) is 6.54. The molecule has 84 valence electrons. The molecule has 0 aliphatic carbocycles. The Bertz CT molecular complexity index is 313. The maximum Gasteiger partial charge on any atom is 0.115 e. The molecule has 1 unspecified atom stereocenters. The van der Waals surface area contributed by atoms with E-state index in [0.29, 0.717) is 0 Å². The molecule has 2 nitrogen and oxygen atoms in total. The van der Waals surface area contributed by atoms with Crippen molar-refractivity contribution in [1.82, 2.24) is 0 Å². The minimum atomic E-state index is 0.0835. The minimum absolute atomic E-state index is 0.0835. The van der Waals surface area contributed by atoms with Crippen molar-refractivity contribution in [3.05, 3.63) is 29.8 Å². The van der Waals surface area contributed by atoms with Crippen molar-refractivity contribution in [2.45, 2.75) is 27.2 Å². The Morgan fingerprint density at radius 1 is 1.27 bits per heavy atom. The highest BCUT2D eigenvalue weighted by Crippen LogP contribution is 2.29. The lowest BCUT2D eigenvalue weighted by Gasteiger charge is -2.29. The van der Waals surface area contributed by atoms with Crippen molar-refractivity contribution in [2.24, 2.45) is 11.3 Å². The number of aliphatic hydroxyl groups is 1. The van der Waals surface area contributed by atoms with E-state index in [1.54, 1.807) is 12.1 Å². The van der Waals surface area contributed by atoms with Crippen LogP contribution in [0.3, 0.4) is 0 Å². The van der Waals surface area contributed by atoms with Gasteiger partial charge in [0, 0.05) is 6.61 Å². The molecule has 15 heavy (non-hydrogen) atoms. The lowest BCUT2D eigenvalue weighted by molar-refractivity contribution is 0.131. The topological polar surface area (TPSA) is 40.5 Å². The van der Waals surface area contributed by atoms with Crippen LogP contribution in [0.1, 0.15) is 26.3 Å². The van der Waals surface area contributed by atoms with E-state index in [9.17, 15) is 10.2 Å². The average molecular weight is 208 g/mol. The molecule has 2 heteroatoms. The van der Waals surface area contributed by atoms with Gasteiger partial charge in [-0.05, 0) is 35.4 Å². The van der Waals surface area contributed by atoms with Crippen molar-refractivity contribution in [3.63, 3.8) is 0 Å². The zero-order valence-electron chi connectivity index (χ0n) is 9.70. The van der Waals surface area contributed by atoms with Gasteiger partial charge in [0.1, 0.15) is 5.75 Å². The summed E-state index contributed by atoms with van der Waals surface area (Å²) >= 11 is 0. The molecule has 1 rings (SSSR count). The minimum Gasteiger partial charge on any atom is -0.508 e. The highest BCUT2D eigenvalue weighted by atomic mass is 16.3. The van der Waals surface area contributed by atoms with Gasteiger partial charge in [-0.1, -0.05) is 32.9 Å². The standard InChI is InChI=1S/C13H20O2/c1-13(2,3)11(9-14)7-10-5-4-6-12(15)8-10/h4-6,8,11,14-15H,7,9H2,1-3H3. The summed E-state index contributed by atoms with van der Waals surface area (Å²) in [7, 11) is 0. The Hall–Kier alpha value is -1.02. The van der Waals surface area contributed by atoms with Crippen LogP contribution in [0.2, 0.25) is 0 Å². The quantitative estimate of drug-likeness (QED) is 0.801. The van der Waals surface area contributed by atoms with Gasteiger partial charge >= 0.3 is 0 Å². The second-order valence-corrected chi connectivity index (χ2v) is 5.12. The zero-order valence-corrected chi connectivity index (χ0v) is 9.70. The van der Waals surface area contributed by atoms with Gasteiger partial charge in [-0.3, -0.25) is 0 Å². The first-order valence-corrected chi connectivity index (χ1v) is 5.32. The fourth-order valence-electron chi connectivity index (χ4n) is 1.61. The molecule has 0 fully saturated rings. The van der Waals surface area contributed by atoms with Crippen LogP contribution in [0.4, 0.5) is 0 Å². The molecule has 0 saturated carbocycles. The molecule has 0 bridgehead atoms. The van der Waals surface area contributed by atoms with E-state index >= 15 is 0 Å². The van der Waals surface area contributed by atoms with Crippen molar-refractivity contribution in [1.29, 1.82) is 0 Å². The molecule has 0 heterocycles. The van der Waals surface area contributed by atoms with Crippen LogP contribution in [0.15, 0.2) is 24.3 Å². The smallest absolute Gasteiger partial charge is 0.115 e. The Labute approximate surface area is 91.6 Å². The summed E-state index contributed by atoms with van der Waals surface area (Å²) in [5, 5.41) is 18.7. The third kappa shape index (κ3) is 3.56. The van der Waals surface area contributed by atoms with E-state index in [2.05, 4.69) is 20.8 Å². The van der Waals surface area contributed by atoms with E-state index in [1.165, 1.54) is 0 Å². The summed E-state index contributed by atoms with van der Waals surface area (Å²) in [6.07, 6.45) is 0.800. The number of hydrogen-bond acceptors (Lipinski definition) is 2. The maximum atomic E-state index is 9.34. The number of hydrogen-bond donors (Lipinski definition) is 2. The number of benzene rings is 1. The number of phenolic OH excluding ortho intramolecular Hbond substituents is 1. The molecule has 0 radical (unpaired) electrons. The predicted octanol–water partition coefficient (Wildman–Crippen LogP) is 2.59. The van der Waals surface area contributed by atoms with Crippen LogP contribution in [0, 0.1) is 11.3 Å². The number of aliphatic hydroxyl groups excluding tert-OH is 1. The number of phenols is 1. The Kier molecular flexibility index (Phi) is 3.75. The average Bonchev–Trinajstić information content (AvgIpc) is 2.12. The molecule has 0 spiro atoms. The van der Waals surface area contributed by atoms with E-state index < -0.39 is 0 Å². The molecule has 0 saturated heterocycles. The van der Waals surface area contributed by atoms with Gasteiger partial charge in [-0.25, -0.2) is 0 Å². The van der Waals surface area contributed by atoms with E-state index in [-0.39, 0.29) is 23.7 Å². The highest BCUT2D eigenvalue weighted by molar-refractivity contribution is 5.27. The second kappa shape index (κ2) is 4.67. The molecular formula is C13H20O2. The molecule has 2 N–H and O–H groups in total. The van der Waals surface area contributed by atoms with Gasteiger partial charge in [0.15, 0.2) is 0 Å². The maximum absolute atomic E-state index is 9.34. The van der Waals surface area contributed by atoms with Crippen molar-refractivity contribution < 1.29 is 10.2 Å². The van der Waals surface area contributed by atoms with Gasteiger partial charge in [-0.15, -0.1) is 0 Å². The molecule has 1 aromatic rings. The van der Waals surface area contributed by atoms with Crippen LogP contribution in [-0.4, -0.2) is 16.8 Å². The summed E-state index contributed by atoms with van der Waals surface area (Å²) in [4.78, 5) is 0. The van der Waals surface area contributed by atoms with Crippen LogP contribution in [0.5, 0.6) is 5.75 Å². The van der Waals surface area contributed by atoms with Crippen molar-refractivity contribution in [3.8, 4) is 5.75 Å². The van der Waals surface area contributed by atoms with Crippen molar-refractivity contribution in [2.75, 3.05) is 6.61 Å². The summed E-state index contributed by atoms with van der Waals surface area (Å²) in [5.41, 5.74) is 1.16. The summed E-state index contributed by atoms with van der Waals surface area (Å²) in [5.74, 6) is 0.511. The molecular weight excluding hydrogens is 188 g/mol. The first-order valence-electron chi connectivity index (χ1n) is 5.32. The van der Waals surface area contributed by atoms with Crippen LogP contribution < -0.4 is 0 Å². The Balaban J connectivity index is 2.76. The van der Waals surface area contributed by atoms with Gasteiger partial charge in [0.25, 0.3) is 0 Å². The van der Waals surface area contributed by atoms with Gasteiger partial charge in [0.05, 0.1) is 0 Å². The fraction of sp³-hybridized carbons (Fsp3) is 0.538. The highest BCUT2D eigenvalue weighted by Gasteiger charge is 2.23. The van der Waals surface area contributed by atoms with E-state index in [4.69, 9.17) is 0 Å². The zero-order chi connectivity index (χ0) is 11.5. The molecule has 0 aromatic heterocycles. The third-order valence-electron chi connectivity index (χ3n) is 2.84. The number of aromatic hydroxyl groups is 1. The molecule has 1 atom stereocenters. The molecule has 0 aliphatic rings. The van der Waals surface area contributed by atoms with Crippen LogP contribution >= 0.6 is 0 Å². The summed E-state index contributed by atoms with van der Waals surface area (Å²) < 4.78 is 0. The lowest BCUT2D eigenvalue weighted by Crippen LogP contribution is -2.25. The van der Waals surface area contributed by atoms with Crippen LogP contribution in [-0.2, 0) is 6.42 Å². The first kappa shape index (κ1) is 12.1. The monoisotopic (exact) mass is 208 g/mol. The van der Waals surface area contributed by atoms with E-state index in [0.717, 1.165) is 12.0 Å². The normalized spacial score (nSPS) is 13.9. The summed E-state index contributed by atoms with van der Waals surface area (Å²) in [6, 6.07) is 7.23. The first-order chi connectivity index (χ1) is 6.93. The third-order valence-corrected chi connectivity index (χ3v) is 2.84. The van der Waals surface area contributed by atoms with Crippen LogP contribution in [0.25, 0.3) is 0 Å². The lowest BCUT2D eigenvalue weighted by atomic mass is 9.78. The van der Waals surface area contributed by atoms with Gasteiger partial charge in [-0.2, -0.15) is 0 Å². The predicted molar refractivity (Wildman–Crippen MR) is 61.8 cm³/mol. The second-order valence-electron chi connectivity index (χ2n) is 5.12. The largest absolute Gasteiger partial charge is 0.508 e. The van der Waals surface area contributed by atoms with Gasteiger partial charge in [0.2, 0.25) is 0 Å². The Morgan fingerprint density at radius 2 is 1.93 bits per heavy atom. The van der Waals surface area contributed by atoms with Gasteiger partial charge < -0.3 is 10.2 Å². The fourth-order valence-corrected chi connectivity index (χ4v) is 1.61. The molecule has 1 aromatic carbocycles. The molecule has 0 amide bonds. The van der Waals surface area contributed by atoms with E-state index in [1.807, 2.05) is 12.1 Å².